The van der Waals surface area contributed by atoms with Gasteiger partial charge in [0.25, 0.3) is 5.91 Å². The number of fused-ring (bicyclic) bond motifs is 3. The van der Waals surface area contributed by atoms with Crippen molar-refractivity contribution in [3.05, 3.63) is 32.9 Å². The first-order valence-electron chi connectivity index (χ1n) is 11.0. The summed E-state index contributed by atoms with van der Waals surface area (Å²) in [6.45, 7) is 7.94. The van der Waals surface area contributed by atoms with Gasteiger partial charge in [0.2, 0.25) is 5.43 Å². The molecule has 0 radical (unpaired) electrons. The maximum absolute atomic E-state index is 15.6. The molecule has 3 heterocycles. The fraction of sp³-hybridized carbons (Fsp3) is 0.565. The van der Waals surface area contributed by atoms with Gasteiger partial charge in [0, 0.05) is 22.8 Å². The van der Waals surface area contributed by atoms with Gasteiger partial charge in [0.15, 0.2) is 5.82 Å². The molecule has 1 amide bonds. The molecule has 0 atom stereocenters. The molecule has 0 aliphatic carbocycles. The molecule has 0 unspecified atom stereocenters. The van der Waals surface area contributed by atoms with Crippen LogP contribution in [0.1, 0.15) is 61.6 Å². The first kappa shape index (κ1) is 21.6. The molecule has 2 aliphatic heterocycles. The quantitative estimate of drug-likeness (QED) is 0.648. The number of anilines is 2. The predicted molar refractivity (Wildman–Crippen MR) is 122 cm³/mol. The van der Waals surface area contributed by atoms with Gasteiger partial charge in [-0.1, -0.05) is 6.92 Å². The predicted octanol–water partition coefficient (Wildman–Crippen LogP) is 2.57. The van der Waals surface area contributed by atoms with E-state index >= 15 is 4.39 Å². The first-order chi connectivity index (χ1) is 14.6. The molecule has 31 heavy (non-hydrogen) atoms. The van der Waals surface area contributed by atoms with Crippen molar-refractivity contribution in [2.45, 2.75) is 64.5 Å². The minimum absolute atomic E-state index is 0.0656. The molecule has 4 rings (SSSR count). The number of nitrogen functional groups attached to an aromatic ring is 1. The summed E-state index contributed by atoms with van der Waals surface area (Å²) in [6.07, 6.45) is 3.65. The summed E-state index contributed by atoms with van der Waals surface area (Å²) in [7, 11) is 2.08. The Kier molecular flexibility index (Phi) is 5.24. The van der Waals surface area contributed by atoms with Crippen molar-refractivity contribution < 1.29 is 9.18 Å². The molecule has 1 aromatic carbocycles. The fourth-order valence-corrected chi connectivity index (χ4v) is 5.30. The number of rotatable bonds is 4. The second kappa shape index (κ2) is 7.51. The number of nitrogens with two attached hydrogens (primary N) is 2. The Balaban J connectivity index is 2.05. The van der Waals surface area contributed by atoms with Crippen LogP contribution in [0.15, 0.2) is 4.79 Å². The van der Waals surface area contributed by atoms with Crippen molar-refractivity contribution in [2.24, 2.45) is 5.73 Å². The number of aromatic nitrogens is 1. The molecule has 5 N–H and O–H groups in total. The lowest BCUT2D eigenvalue weighted by Gasteiger charge is -2.32. The van der Waals surface area contributed by atoms with Gasteiger partial charge >= 0.3 is 0 Å². The summed E-state index contributed by atoms with van der Waals surface area (Å²) in [5.41, 5.74) is 13.0. The Morgan fingerprint density at radius 2 is 1.94 bits per heavy atom. The molecule has 168 valence electrons. The number of piperidine rings is 1. The smallest absolute Gasteiger partial charge is 0.254 e. The van der Waals surface area contributed by atoms with Crippen LogP contribution >= 0.6 is 0 Å². The van der Waals surface area contributed by atoms with Crippen LogP contribution in [-0.4, -0.2) is 41.6 Å². The van der Waals surface area contributed by atoms with Gasteiger partial charge in [0.05, 0.1) is 22.3 Å². The number of carbonyl (C=O) groups is 1. The minimum atomic E-state index is -0.792. The molecule has 1 saturated heterocycles. The number of benzene rings is 1. The van der Waals surface area contributed by atoms with E-state index in [1.165, 1.54) is 0 Å². The van der Waals surface area contributed by atoms with E-state index in [9.17, 15) is 9.59 Å². The van der Waals surface area contributed by atoms with E-state index in [0.29, 0.717) is 29.7 Å². The van der Waals surface area contributed by atoms with Gasteiger partial charge in [-0.25, -0.2) is 4.39 Å². The molecule has 2 aliphatic rings. The van der Waals surface area contributed by atoms with Crippen LogP contribution in [0.5, 0.6) is 0 Å². The summed E-state index contributed by atoms with van der Waals surface area (Å²) in [5.74, 6) is -1.41. The number of nitrogens with zero attached hydrogens (tertiary/aromatic N) is 2. The molecule has 0 spiro atoms. The summed E-state index contributed by atoms with van der Waals surface area (Å²) in [6, 6.07) is 0.135. The summed E-state index contributed by atoms with van der Waals surface area (Å²) >= 11 is 0. The molecular weight excluding hydrogens is 397 g/mol. The monoisotopic (exact) mass is 429 g/mol. The topological polar surface area (TPSA) is 106 Å². The van der Waals surface area contributed by atoms with E-state index in [-0.39, 0.29) is 28.2 Å². The largest absolute Gasteiger partial charge is 0.396 e. The summed E-state index contributed by atoms with van der Waals surface area (Å²) in [4.78, 5) is 27.8. The maximum atomic E-state index is 15.6. The Labute approximate surface area is 181 Å². The van der Waals surface area contributed by atoms with Crippen LogP contribution < -0.4 is 22.2 Å². The number of halogens is 1. The third-order valence-corrected chi connectivity index (χ3v) is 7.03. The summed E-state index contributed by atoms with van der Waals surface area (Å²) in [5, 5.41) is 3.47. The third kappa shape index (κ3) is 3.28. The second-order valence-corrected chi connectivity index (χ2v) is 9.54. The molecule has 0 bridgehead atoms. The highest BCUT2D eigenvalue weighted by atomic mass is 19.1. The van der Waals surface area contributed by atoms with Gasteiger partial charge in [-0.2, -0.15) is 0 Å². The van der Waals surface area contributed by atoms with Crippen molar-refractivity contribution in [1.29, 1.82) is 0 Å². The number of primary amides is 1. The van der Waals surface area contributed by atoms with E-state index < -0.39 is 17.2 Å². The van der Waals surface area contributed by atoms with Crippen LogP contribution in [0.2, 0.25) is 0 Å². The number of nitrogens with one attached hydrogen (secondary N) is 1. The minimum Gasteiger partial charge on any atom is -0.396 e. The zero-order valence-corrected chi connectivity index (χ0v) is 18.8. The zero-order chi connectivity index (χ0) is 22.7. The van der Waals surface area contributed by atoms with Crippen LogP contribution in [0, 0.1) is 5.82 Å². The van der Waals surface area contributed by atoms with E-state index in [1.807, 2.05) is 11.5 Å². The highest BCUT2D eigenvalue weighted by Crippen LogP contribution is 2.42. The molecule has 8 heteroatoms. The average Bonchev–Trinajstić information content (AvgIpc) is 3.01. The molecular formula is C23H32FN5O2. The van der Waals surface area contributed by atoms with Crippen molar-refractivity contribution in [2.75, 3.05) is 31.2 Å². The average molecular weight is 430 g/mol. The van der Waals surface area contributed by atoms with Crippen molar-refractivity contribution in [3.8, 4) is 0 Å². The number of amides is 1. The van der Waals surface area contributed by atoms with Crippen LogP contribution in [0.3, 0.4) is 0 Å². The number of hydrogen-bond donors (Lipinski definition) is 3. The van der Waals surface area contributed by atoms with Gasteiger partial charge in [-0.3, -0.25) is 9.59 Å². The van der Waals surface area contributed by atoms with Gasteiger partial charge in [0.1, 0.15) is 5.56 Å². The van der Waals surface area contributed by atoms with Crippen LogP contribution in [0.25, 0.3) is 10.9 Å². The standard InChI is InChI=1S/C23H32FN5O2/c1-5-13-19(27-12-7-10-28(4)11-8-12)17(24)18(25)16-20(13)29-14(6-9-23(29,2)3)15(21(16)30)22(26)31/h12,27H,5-11,25H2,1-4H3,(H2,26,31). The SMILES string of the molecule is CCc1c(NC2CCN(C)CC2)c(F)c(N)c2c(=O)c(C(N)=O)c3n(c12)C(C)(C)CC3. The number of pyridine rings is 1. The van der Waals surface area contributed by atoms with Gasteiger partial charge in [-0.15, -0.1) is 0 Å². The Morgan fingerprint density at radius 1 is 1.29 bits per heavy atom. The van der Waals surface area contributed by atoms with Crippen LogP contribution in [0.4, 0.5) is 15.8 Å². The zero-order valence-electron chi connectivity index (χ0n) is 18.8. The van der Waals surface area contributed by atoms with Gasteiger partial charge < -0.3 is 26.3 Å². The van der Waals surface area contributed by atoms with E-state index in [2.05, 4.69) is 31.1 Å². The van der Waals surface area contributed by atoms with Crippen molar-refractivity contribution >= 4 is 28.2 Å². The lowest BCUT2D eigenvalue weighted by molar-refractivity contribution is 0.0998. The summed E-state index contributed by atoms with van der Waals surface area (Å²) < 4.78 is 17.6. The second-order valence-electron chi connectivity index (χ2n) is 9.54. The maximum Gasteiger partial charge on any atom is 0.254 e. The van der Waals surface area contributed by atoms with E-state index in [1.54, 1.807) is 0 Å². The molecule has 1 fully saturated rings. The number of hydrogen-bond acceptors (Lipinski definition) is 5. The lowest BCUT2D eigenvalue weighted by Crippen LogP contribution is -2.37. The molecule has 2 aromatic rings. The van der Waals surface area contributed by atoms with Crippen molar-refractivity contribution in [1.82, 2.24) is 9.47 Å². The third-order valence-electron chi connectivity index (χ3n) is 7.03. The Bertz CT molecular complexity index is 1130. The highest BCUT2D eigenvalue weighted by molar-refractivity contribution is 6.04. The van der Waals surface area contributed by atoms with Crippen LogP contribution in [-0.2, 0) is 18.4 Å². The molecule has 0 saturated carbocycles. The normalized spacial score (nSPS) is 19.0. The number of carbonyl (C=O) groups excluding carboxylic acids is 1. The van der Waals surface area contributed by atoms with E-state index in [4.69, 9.17) is 11.5 Å². The lowest BCUT2D eigenvalue weighted by atomic mass is 9.96. The first-order valence-corrected chi connectivity index (χ1v) is 11.0. The number of likely N-dealkylation sites (tertiary alicyclic amines) is 1. The van der Waals surface area contributed by atoms with Gasteiger partial charge in [-0.05, 0) is 66.1 Å². The van der Waals surface area contributed by atoms with Crippen molar-refractivity contribution in [3.63, 3.8) is 0 Å². The Hall–Kier alpha value is -2.61. The Morgan fingerprint density at radius 3 is 2.52 bits per heavy atom. The van der Waals surface area contributed by atoms with E-state index in [0.717, 1.165) is 37.9 Å². The molecule has 7 nitrogen and oxygen atoms in total. The number of aryl methyl sites for hydroxylation is 1. The molecule has 1 aromatic heterocycles. The fourth-order valence-electron chi connectivity index (χ4n) is 5.30. The highest BCUT2D eigenvalue weighted by Gasteiger charge is 2.37.